The second-order valence-electron chi connectivity index (χ2n) is 5.13. The van der Waals surface area contributed by atoms with Gasteiger partial charge in [0, 0.05) is 6.07 Å². The lowest BCUT2D eigenvalue weighted by Crippen LogP contribution is -1.95. The largest absolute Gasteiger partial charge is 0.454 e. The van der Waals surface area contributed by atoms with Gasteiger partial charge in [-0.05, 0) is 48.3 Å². The fraction of sp³-hybridized carbons (Fsp3) is 0.200. The lowest BCUT2D eigenvalue weighted by molar-refractivity contribution is -0.383. The molecule has 22 heavy (non-hydrogen) atoms. The predicted molar refractivity (Wildman–Crippen MR) is 79.2 cm³/mol. The Morgan fingerprint density at radius 1 is 1.09 bits per heavy atom. The first-order valence-electron chi connectivity index (χ1n) is 6.62. The maximum atomic E-state index is 11.0. The molecule has 1 aromatic heterocycles. The Bertz CT molecular complexity index is 863. The van der Waals surface area contributed by atoms with Crippen LogP contribution in [0.2, 0.25) is 0 Å². The molecule has 7 heteroatoms. The Morgan fingerprint density at radius 3 is 2.36 bits per heavy atom. The van der Waals surface area contributed by atoms with Crippen molar-refractivity contribution >= 4 is 16.7 Å². The maximum Gasteiger partial charge on any atom is 0.301 e. The monoisotopic (exact) mass is 299 g/mol. The summed E-state index contributed by atoms with van der Waals surface area (Å²) >= 11 is 0. The van der Waals surface area contributed by atoms with E-state index in [9.17, 15) is 10.1 Å². The number of nitro benzene ring substituents is 1. The first-order chi connectivity index (χ1) is 10.5. The molecule has 3 rings (SSSR count). The number of hydrogen-bond acceptors (Lipinski definition) is 6. The number of nitrogens with zero attached hydrogens (tertiary/aromatic N) is 3. The van der Waals surface area contributed by atoms with Gasteiger partial charge in [0.15, 0.2) is 11.3 Å². The Kier molecular flexibility index (Phi) is 3.25. The summed E-state index contributed by atoms with van der Waals surface area (Å²) in [4.78, 5) is 10.5. The summed E-state index contributed by atoms with van der Waals surface area (Å²) in [5.41, 5.74) is 3.22. The summed E-state index contributed by atoms with van der Waals surface area (Å²) in [6, 6.07) is 6.85. The number of aromatic nitrogens is 2. The Hall–Kier alpha value is -2.96. The van der Waals surface area contributed by atoms with Gasteiger partial charge in [-0.15, -0.1) is 0 Å². The number of fused-ring (bicyclic) bond motifs is 1. The van der Waals surface area contributed by atoms with E-state index in [1.807, 2.05) is 32.9 Å². The van der Waals surface area contributed by atoms with Crippen LogP contribution in [0.5, 0.6) is 11.5 Å². The van der Waals surface area contributed by atoms with Gasteiger partial charge in [0.25, 0.3) is 0 Å². The molecule has 0 unspecified atom stereocenters. The molecule has 0 spiro atoms. The van der Waals surface area contributed by atoms with Crippen molar-refractivity contribution in [2.45, 2.75) is 20.8 Å². The molecule has 0 saturated carbocycles. The van der Waals surface area contributed by atoms with Crippen LogP contribution in [0.25, 0.3) is 11.0 Å². The molecule has 2 aromatic carbocycles. The number of non-ortho nitro benzene ring substituents is 1. The van der Waals surface area contributed by atoms with E-state index < -0.39 is 4.92 Å². The first kappa shape index (κ1) is 14.0. The Balaban J connectivity index is 2.11. The Morgan fingerprint density at radius 2 is 1.73 bits per heavy atom. The molecule has 0 radical (unpaired) electrons. The standard InChI is InChI=1S/C15H13N3O4/c1-8-6-9(2)15(10(3)7-8)21-12-5-4-11(18(19)20)13-14(12)17-22-16-13/h4-7H,1-3H3. The minimum atomic E-state index is -0.529. The molecule has 0 aliphatic rings. The molecule has 0 N–H and O–H groups in total. The summed E-state index contributed by atoms with van der Waals surface area (Å²) < 4.78 is 10.5. The van der Waals surface area contributed by atoms with Crippen LogP contribution < -0.4 is 4.74 Å². The van der Waals surface area contributed by atoms with Crippen LogP contribution in [-0.4, -0.2) is 15.2 Å². The molecular weight excluding hydrogens is 286 g/mol. The zero-order chi connectivity index (χ0) is 15.9. The van der Waals surface area contributed by atoms with E-state index >= 15 is 0 Å². The van der Waals surface area contributed by atoms with Crippen LogP contribution in [0.3, 0.4) is 0 Å². The van der Waals surface area contributed by atoms with Crippen LogP contribution in [0.15, 0.2) is 28.9 Å². The lowest BCUT2D eigenvalue weighted by atomic mass is 10.1. The van der Waals surface area contributed by atoms with Crippen molar-refractivity contribution in [3.63, 3.8) is 0 Å². The highest BCUT2D eigenvalue weighted by atomic mass is 16.6. The number of rotatable bonds is 3. The van der Waals surface area contributed by atoms with Crippen LogP contribution >= 0.6 is 0 Å². The van der Waals surface area contributed by atoms with Crippen molar-refractivity contribution in [3.05, 3.63) is 51.1 Å². The fourth-order valence-corrected chi connectivity index (χ4v) is 2.50. The van der Waals surface area contributed by atoms with Crippen molar-refractivity contribution in [2.75, 3.05) is 0 Å². The van der Waals surface area contributed by atoms with E-state index in [1.165, 1.54) is 12.1 Å². The van der Waals surface area contributed by atoms with Crippen LogP contribution in [0.1, 0.15) is 16.7 Å². The first-order valence-corrected chi connectivity index (χ1v) is 6.62. The smallest absolute Gasteiger partial charge is 0.301 e. The minimum Gasteiger partial charge on any atom is -0.454 e. The molecular formula is C15H13N3O4. The third kappa shape index (κ3) is 2.26. The molecule has 0 aliphatic carbocycles. The third-order valence-electron chi connectivity index (χ3n) is 3.37. The van der Waals surface area contributed by atoms with Crippen LogP contribution in [0.4, 0.5) is 5.69 Å². The van der Waals surface area contributed by atoms with Crippen molar-refractivity contribution in [1.82, 2.24) is 10.3 Å². The molecule has 112 valence electrons. The van der Waals surface area contributed by atoms with E-state index in [2.05, 4.69) is 14.9 Å². The summed E-state index contributed by atoms with van der Waals surface area (Å²) in [6.45, 7) is 5.90. The number of benzene rings is 2. The molecule has 0 atom stereocenters. The third-order valence-corrected chi connectivity index (χ3v) is 3.37. The fourth-order valence-electron chi connectivity index (χ4n) is 2.50. The van der Waals surface area contributed by atoms with Gasteiger partial charge in [0.1, 0.15) is 5.75 Å². The van der Waals surface area contributed by atoms with Gasteiger partial charge in [-0.3, -0.25) is 10.1 Å². The number of aryl methyl sites for hydroxylation is 3. The molecule has 1 heterocycles. The highest BCUT2D eigenvalue weighted by molar-refractivity contribution is 5.88. The van der Waals surface area contributed by atoms with Gasteiger partial charge < -0.3 is 4.74 Å². The SMILES string of the molecule is Cc1cc(C)c(Oc2ccc([N+](=O)[O-])c3nonc23)c(C)c1. The molecule has 0 amide bonds. The average Bonchev–Trinajstić information content (AvgIpc) is 2.91. The highest BCUT2D eigenvalue weighted by Crippen LogP contribution is 2.35. The second-order valence-corrected chi connectivity index (χ2v) is 5.13. The molecule has 0 bridgehead atoms. The molecule has 0 saturated heterocycles. The van der Waals surface area contributed by atoms with E-state index in [-0.39, 0.29) is 16.7 Å². The molecule has 3 aromatic rings. The average molecular weight is 299 g/mol. The van der Waals surface area contributed by atoms with E-state index in [0.29, 0.717) is 11.5 Å². The number of nitro groups is 1. The van der Waals surface area contributed by atoms with Gasteiger partial charge in [-0.2, -0.15) is 0 Å². The normalized spacial score (nSPS) is 10.9. The zero-order valence-electron chi connectivity index (χ0n) is 12.3. The van der Waals surface area contributed by atoms with E-state index in [0.717, 1.165) is 16.7 Å². The van der Waals surface area contributed by atoms with Gasteiger partial charge in [0.05, 0.1) is 4.92 Å². The van der Waals surface area contributed by atoms with Gasteiger partial charge in [-0.1, -0.05) is 17.7 Å². The van der Waals surface area contributed by atoms with Crippen molar-refractivity contribution in [1.29, 1.82) is 0 Å². The molecule has 7 nitrogen and oxygen atoms in total. The summed E-state index contributed by atoms with van der Waals surface area (Å²) in [7, 11) is 0. The summed E-state index contributed by atoms with van der Waals surface area (Å²) in [5, 5.41) is 18.3. The lowest BCUT2D eigenvalue weighted by Gasteiger charge is -2.12. The number of hydrogen-bond donors (Lipinski definition) is 0. The highest BCUT2D eigenvalue weighted by Gasteiger charge is 2.21. The predicted octanol–water partition coefficient (Wildman–Crippen LogP) is 3.85. The molecule has 0 fully saturated rings. The van der Waals surface area contributed by atoms with Crippen LogP contribution in [0, 0.1) is 30.9 Å². The van der Waals surface area contributed by atoms with Crippen molar-refractivity contribution in [2.24, 2.45) is 0 Å². The van der Waals surface area contributed by atoms with Gasteiger partial charge in [-0.25, -0.2) is 4.63 Å². The maximum absolute atomic E-state index is 11.0. The van der Waals surface area contributed by atoms with E-state index in [4.69, 9.17) is 4.74 Å². The van der Waals surface area contributed by atoms with E-state index in [1.54, 1.807) is 0 Å². The second kappa shape index (κ2) is 5.10. The summed E-state index contributed by atoms with van der Waals surface area (Å²) in [5.74, 6) is 1.07. The number of ether oxygens (including phenoxy) is 1. The topological polar surface area (TPSA) is 91.3 Å². The molecule has 0 aliphatic heterocycles. The quantitative estimate of drug-likeness (QED) is 0.539. The Labute approximate surface area is 125 Å². The van der Waals surface area contributed by atoms with Crippen LogP contribution in [-0.2, 0) is 0 Å². The van der Waals surface area contributed by atoms with Crippen molar-refractivity contribution in [3.8, 4) is 11.5 Å². The van der Waals surface area contributed by atoms with Gasteiger partial charge in [0.2, 0.25) is 5.52 Å². The van der Waals surface area contributed by atoms with Gasteiger partial charge >= 0.3 is 5.69 Å². The zero-order valence-corrected chi connectivity index (χ0v) is 12.3. The minimum absolute atomic E-state index is 0.0740. The van der Waals surface area contributed by atoms with Crippen molar-refractivity contribution < 1.29 is 14.3 Å². The summed E-state index contributed by atoms with van der Waals surface area (Å²) in [6.07, 6.45) is 0.